The molecule has 0 saturated carbocycles. The van der Waals surface area contributed by atoms with Crippen LogP contribution in [-0.2, 0) is 4.79 Å². The van der Waals surface area contributed by atoms with Crippen LogP contribution in [0.2, 0.25) is 0 Å². The molecule has 2 aromatic rings. The molecule has 6 nitrogen and oxygen atoms in total. The number of benzene rings is 1. The summed E-state index contributed by atoms with van der Waals surface area (Å²) in [5.74, 6) is -0.381. The number of amides is 3. The van der Waals surface area contributed by atoms with Gasteiger partial charge in [0.2, 0.25) is 5.91 Å². The van der Waals surface area contributed by atoms with Crippen LogP contribution >= 0.6 is 34.9 Å². The minimum absolute atomic E-state index is 0.381. The predicted octanol–water partition coefficient (Wildman–Crippen LogP) is 2.94. The third kappa shape index (κ3) is 5.22. The number of urea groups is 1. The molecular weight excluding hydrogens is 352 g/mol. The summed E-state index contributed by atoms with van der Waals surface area (Å²) in [6.07, 6.45) is 1.92. The van der Waals surface area contributed by atoms with Crippen LogP contribution in [0, 0.1) is 0 Å². The van der Waals surface area contributed by atoms with Crippen molar-refractivity contribution in [1.82, 2.24) is 20.8 Å². The molecule has 0 saturated heterocycles. The lowest BCUT2D eigenvalue weighted by Crippen LogP contribution is -2.41. The van der Waals surface area contributed by atoms with E-state index in [9.17, 15) is 9.59 Å². The Morgan fingerprint density at radius 3 is 2.52 bits per heavy atom. The van der Waals surface area contributed by atoms with Gasteiger partial charge in [-0.1, -0.05) is 65.2 Å². The van der Waals surface area contributed by atoms with E-state index in [-0.39, 0.29) is 5.91 Å². The normalized spacial score (nSPS) is 11.7. The van der Waals surface area contributed by atoms with Crippen molar-refractivity contribution in [3.8, 4) is 0 Å². The summed E-state index contributed by atoms with van der Waals surface area (Å²) in [5, 5.41) is 12.5. The van der Waals surface area contributed by atoms with Gasteiger partial charge in [0.25, 0.3) is 0 Å². The van der Waals surface area contributed by atoms with Crippen molar-refractivity contribution in [2.45, 2.75) is 20.9 Å². The highest BCUT2D eigenvalue weighted by molar-refractivity contribution is 8.03. The van der Waals surface area contributed by atoms with E-state index in [1.807, 2.05) is 36.6 Å². The third-order valence-corrected chi connectivity index (χ3v) is 5.93. The van der Waals surface area contributed by atoms with Crippen molar-refractivity contribution in [3.05, 3.63) is 35.9 Å². The van der Waals surface area contributed by atoms with Crippen molar-refractivity contribution >= 4 is 46.8 Å². The summed E-state index contributed by atoms with van der Waals surface area (Å²) in [4.78, 5) is 24.1. The summed E-state index contributed by atoms with van der Waals surface area (Å²) in [6, 6.07) is 8.80. The summed E-state index contributed by atoms with van der Waals surface area (Å²) in [5.41, 5.74) is 0.806. The molecule has 0 spiro atoms. The van der Waals surface area contributed by atoms with E-state index < -0.39 is 11.3 Å². The van der Waals surface area contributed by atoms with Gasteiger partial charge in [-0.05, 0) is 18.7 Å². The van der Waals surface area contributed by atoms with Gasteiger partial charge in [-0.25, -0.2) is 4.79 Å². The molecule has 0 bridgehead atoms. The molecule has 1 aromatic carbocycles. The number of aromatic nitrogens is 2. The standard InChI is InChI=1S/C14H16N4O2S3/c1-3-15-12(20)16-11(19)10(9-7-5-4-6-8-9)22-14-18-17-13(21-2)23-14/h4-8,10H,3H2,1-2H3,(H2,15,16,19,20)/t10-/m1/s1. The Morgan fingerprint density at radius 1 is 1.22 bits per heavy atom. The first kappa shape index (κ1) is 17.8. The minimum atomic E-state index is -0.568. The smallest absolute Gasteiger partial charge is 0.321 e. The van der Waals surface area contributed by atoms with Gasteiger partial charge in [0.15, 0.2) is 8.68 Å². The quantitative estimate of drug-likeness (QED) is 0.763. The topological polar surface area (TPSA) is 84.0 Å². The lowest BCUT2D eigenvalue weighted by atomic mass is 10.1. The second kappa shape index (κ2) is 8.90. The van der Waals surface area contributed by atoms with Crippen molar-refractivity contribution in [2.75, 3.05) is 12.8 Å². The van der Waals surface area contributed by atoms with Crippen molar-refractivity contribution in [2.24, 2.45) is 0 Å². The van der Waals surface area contributed by atoms with Crippen LogP contribution < -0.4 is 10.6 Å². The monoisotopic (exact) mass is 368 g/mol. The molecule has 0 unspecified atom stereocenters. The van der Waals surface area contributed by atoms with E-state index in [0.29, 0.717) is 10.9 Å². The second-order valence-electron chi connectivity index (χ2n) is 4.30. The summed E-state index contributed by atoms with van der Waals surface area (Å²) in [7, 11) is 0. The van der Waals surface area contributed by atoms with Gasteiger partial charge in [-0.15, -0.1) is 10.2 Å². The molecule has 1 atom stereocenters. The summed E-state index contributed by atoms with van der Waals surface area (Å²) in [6.45, 7) is 2.24. The van der Waals surface area contributed by atoms with Gasteiger partial charge in [0, 0.05) is 6.54 Å². The predicted molar refractivity (Wildman–Crippen MR) is 93.9 cm³/mol. The molecule has 23 heavy (non-hydrogen) atoms. The Bertz CT molecular complexity index is 663. The Morgan fingerprint density at radius 2 is 1.91 bits per heavy atom. The molecule has 2 rings (SSSR count). The third-order valence-electron chi connectivity index (χ3n) is 2.70. The molecular formula is C14H16N4O2S3. The van der Waals surface area contributed by atoms with Gasteiger partial charge in [-0.2, -0.15) is 0 Å². The van der Waals surface area contributed by atoms with Crippen LogP contribution in [0.25, 0.3) is 0 Å². The number of thioether (sulfide) groups is 2. The fourth-order valence-corrected chi connectivity index (χ4v) is 4.34. The van der Waals surface area contributed by atoms with E-state index in [4.69, 9.17) is 0 Å². The van der Waals surface area contributed by atoms with Crippen LogP contribution in [0.5, 0.6) is 0 Å². The molecule has 9 heteroatoms. The van der Waals surface area contributed by atoms with E-state index in [0.717, 1.165) is 9.90 Å². The largest absolute Gasteiger partial charge is 0.338 e. The number of rotatable bonds is 6. The molecule has 0 aliphatic heterocycles. The van der Waals surface area contributed by atoms with E-state index >= 15 is 0 Å². The Kier molecular flexibility index (Phi) is 6.87. The average Bonchev–Trinajstić information content (AvgIpc) is 3.01. The van der Waals surface area contributed by atoms with Crippen molar-refractivity contribution in [1.29, 1.82) is 0 Å². The zero-order valence-corrected chi connectivity index (χ0v) is 15.1. The van der Waals surface area contributed by atoms with E-state index in [1.165, 1.54) is 34.9 Å². The zero-order chi connectivity index (χ0) is 16.7. The first-order valence-electron chi connectivity index (χ1n) is 6.81. The first-order valence-corrected chi connectivity index (χ1v) is 9.74. The number of nitrogens with one attached hydrogen (secondary N) is 2. The highest BCUT2D eigenvalue weighted by atomic mass is 32.2. The molecule has 0 aliphatic rings. The van der Waals surface area contributed by atoms with Crippen LogP contribution in [0.1, 0.15) is 17.7 Å². The van der Waals surface area contributed by atoms with Gasteiger partial charge in [0.1, 0.15) is 5.25 Å². The Labute approximate surface area is 146 Å². The summed E-state index contributed by atoms with van der Waals surface area (Å²) < 4.78 is 1.53. The van der Waals surface area contributed by atoms with Gasteiger partial charge < -0.3 is 5.32 Å². The van der Waals surface area contributed by atoms with Crippen LogP contribution in [0.4, 0.5) is 4.79 Å². The lowest BCUT2D eigenvalue weighted by molar-refractivity contribution is -0.119. The van der Waals surface area contributed by atoms with Gasteiger partial charge in [-0.3, -0.25) is 10.1 Å². The number of hydrogen-bond donors (Lipinski definition) is 2. The Balaban J connectivity index is 2.18. The van der Waals surface area contributed by atoms with Crippen molar-refractivity contribution in [3.63, 3.8) is 0 Å². The molecule has 2 N–H and O–H groups in total. The highest BCUT2D eigenvalue weighted by Gasteiger charge is 2.25. The highest BCUT2D eigenvalue weighted by Crippen LogP contribution is 2.38. The fraction of sp³-hybridized carbons (Fsp3) is 0.286. The second-order valence-corrected chi connectivity index (χ2v) is 7.68. The fourth-order valence-electron chi connectivity index (χ4n) is 1.71. The lowest BCUT2D eigenvalue weighted by Gasteiger charge is -2.15. The molecule has 0 fully saturated rings. The number of imide groups is 1. The molecule has 1 aromatic heterocycles. The zero-order valence-electron chi connectivity index (χ0n) is 12.6. The number of carbonyl (C=O) groups excluding carboxylic acids is 2. The molecule has 122 valence electrons. The maximum Gasteiger partial charge on any atom is 0.321 e. The van der Waals surface area contributed by atoms with Crippen molar-refractivity contribution < 1.29 is 9.59 Å². The SMILES string of the molecule is CCNC(=O)NC(=O)[C@H](Sc1nnc(SC)s1)c1ccccc1. The minimum Gasteiger partial charge on any atom is -0.338 e. The van der Waals surface area contributed by atoms with Crippen LogP contribution in [0.3, 0.4) is 0 Å². The van der Waals surface area contributed by atoms with E-state index in [2.05, 4.69) is 20.8 Å². The van der Waals surface area contributed by atoms with Crippen LogP contribution in [-0.4, -0.2) is 34.9 Å². The molecule has 3 amide bonds. The van der Waals surface area contributed by atoms with Gasteiger partial charge >= 0.3 is 6.03 Å². The maximum absolute atomic E-state index is 12.5. The molecule has 0 radical (unpaired) electrons. The number of carbonyl (C=O) groups is 2. The molecule has 1 heterocycles. The average molecular weight is 369 g/mol. The Hall–Kier alpha value is -1.58. The van der Waals surface area contributed by atoms with E-state index in [1.54, 1.807) is 6.92 Å². The first-order chi connectivity index (χ1) is 11.1. The van der Waals surface area contributed by atoms with Crippen LogP contribution in [0.15, 0.2) is 39.0 Å². The number of hydrogen-bond acceptors (Lipinski definition) is 7. The molecule has 0 aliphatic carbocycles. The van der Waals surface area contributed by atoms with Gasteiger partial charge in [0.05, 0.1) is 0 Å². The number of nitrogens with zero attached hydrogens (tertiary/aromatic N) is 2. The maximum atomic E-state index is 12.5. The summed E-state index contributed by atoms with van der Waals surface area (Å²) >= 11 is 4.22.